The van der Waals surface area contributed by atoms with Crippen molar-refractivity contribution in [1.82, 2.24) is 15.0 Å². The van der Waals surface area contributed by atoms with Gasteiger partial charge in [-0.1, -0.05) is 12.1 Å². The van der Waals surface area contributed by atoms with Crippen LogP contribution in [0.25, 0.3) is 22.5 Å². The van der Waals surface area contributed by atoms with Gasteiger partial charge in [0, 0.05) is 37.2 Å². The summed E-state index contributed by atoms with van der Waals surface area (Å²) in [4.78, 5) is 28.1. The Balaban J connectivity index is 1.51. The summed E-state index contributed by atoms with van der Waals surface area (Å²) in [7, 11) is 1.41. The van der Waals surface area contributed by atoms with Crippen molar-refractivity contribution in [1.29, 1.82) is 10.5 Å². The van der Waals surface area contributed by atoms with E-state index in [4.69, 9.17) is 9.47 Å². The van der Waals surface area contributed by atoms with Crippen molar-refractivity contribution in [2.45, 2.75) is 12.5 Å². The molecule has 0 bridgehead atoms. The smallest absolute Gasteiger partial charge is 0.274 e. The van der Waals surface area contributed by atoms with Crippen LogP contribution in [0.4, 0.5) is 15.8 Å². The minimum Gasteiger partial charge on any atom is -0.496 e. The maximum atomic E-state index is 14.7. The molecule has 2 aromatic carbocycles. The monoisotopic (exact) mass is 549 g/mol. The SMILES string of the molecule is COc1cccc(F)c1-c1nccc(C(=O)Nc2ccc(-c3cnccc3C#N)cc2N2CCOC(CC#N)C2)n1. The first kappa shape index (κ1) is 27.2. The largest absolute Gasteiger partial charge is 0.496 e. The average molecular weight is 550 g/mol. The van der Waals surface area contributed by atoms with E-state index in [2.05, 4.69) is 32.4 Å². The molecular weight excluding hydrogens is 525 g/mol. The topological polar surface area (TPSA) is 137 Å². The Morgan fingerprint density at radius 3 is 2.90 bits per heavy atom. The molecule has 1 N–H and O–H groups in total. The van der Waals surface area contributed by atoms with Crippen molar-refractivity contribution >= 4 is 17.3 Å². The van der Waals surface area contributed by atoms with Crippen molar-refractivity contribution in [3.05, 3.63) is 84.2 Å². The Morgan fingerprint density at radius 2 is 2.10 bits per heavy atom. The van der Waals surface area contributed by atoms with Crippen LogP contribution in [0.2, 0.25) is 0 Å². The molecule has 2 aromatic heterocycles. The minimum absolute atomic E-state index is 0.0105. The zero-order valence-corrected chi connectivity index (χ0v) is 22.0. The molecule has 11 heteroatoms. The predicted molar refractivity (Wildman–Crippen MR) is 149 cm³/mol. The highest BCUT2D eigenvalue weighted by atomic mass is 19.1. The molecule has 204 valence electrons. The van der Waals surface area contributed by atoms with Crippen LogP contribution >= 0.6 is 0 Å². The van der Waals surface area contributed by atoms with Crippen LogP contribution in [0.5, 0.6) is 5.75 Å². The molecule has 10 nitrogen and oxygen atoms in total. The molecule has 0 spiro atoms. The van der Waals surface area contributed by atoms with Gasteiger partial charge in [-0.25, -0.2) is 14.4 Å². The number of rotatable bonds is 7. The number of hydrogen-bond donors (Lipinski definition) is 1. The zero-order chi connectivity index (χ0) is 28.8. The van der Waals surface area contributed by atoms with Gasteiger partial charge in [0.15, 0.2) is 5.82 Å². The summed E-state index contributed by atoms with van der Waals surface area (Å²) in [5, 5.41) is 21.7. The fraction of sp³-hybridized carbons (Fsp3) is 0.200. The van der Waals surface area contributed by atoms with Gasteiger partial charge in [-0.15, -0.1) is 0 Å². The summed E-state index contributed by atoms with van der Waals surface area (Å²) in [6.07, 6.45) is 4.48. The van der Waals surface area contributed by atoms with E-state index in [9.17, 15) is 19.7 Å². The Kier molecular flexibility index (Phi) is 8.09. The third-order valence-corrected chi connectivity index (χ3v) is 6.60. The van der Waals surface area contributed by atoms with Crippen molar-refractivity contribution < 1.29 is 18.7 Å². The highest BCUT2D eigenvalue weighted by Gasteiger charge is 2.24. The van der Waals surface area contributed by atoms with Crippen LogP contribution in [0.15, 0.2) is 67.1 Å². The van der Waals surface area contributed by atoms with E-state index in [0.717, 1.165) is 5.56 Å². The van der Waals surface area contributed by atoms with E-state index in [0.29, 0.717) is 42.2 Å². The summed E-state index contributed by atoms with van der Waals surface area (Å²) < 4.78 is 25.7. The Hall–Kier alpha value is -5.39. The Morgan fingerprint density at radius 1 is 1.22 bits per heavy atom. The van der Waals surface area contributed by atoms with E-state index in [1.54, 1.807) is 36.7 Å². The molecule has 1 unspecified atom stereocenters. The lowest BCUT2D eigenvalue weighted by molar-refractivity contribution is 0.0439. The summed E-state index contributed by atoms with van der Waals surface area (Å²) in [6.45, 7) is 1.36. The van der Waals surface area contributed by atoms with Crippen LogP contribution in [0.1, 0.15) is 22.5 Å². The van der Waals surface area contributed by atoms with Gasteiger partial charge in [-0.2, -0.15) is 10.5 Å². The number of morpholine rings is 1. The van der Waals surface area contributed by atoms with Gasteiger partial charge in [0.25, 0.3) is 5.91 Å². The maximum absolute atomic E-state index is 14.7. The molecule has 0 aliphatic carbocycles. The molecule has 5 rings (SSSR count). The highest BCUT2D eigenvalue weighted by molar-refractivity contribution is 6.05. The number of ether oxygens (including phenoxy) is 2. The predicted octanol–water partition coefficient (Wildman–Crippen LogP) is 4.60. The van der Waals surface area contributed by atoms with E-state index >= 15 is 0 Å². The maximum Gasteiger partial charge on any atom is 0.274 e. The van der Waals surface area contributed by atoms with Crippen molar-refractivity contribution in [3.8, 4) is 40.4 Å². The summed E-state index contributed by atoms with van der Waals surface area (Å²) in [5.74, 6) is -0.854. The van der Waals surface area contributed by atoms with E-state index in [-0.39, 0.29) is 35.4 Å². The number of benzene rings is 2. The number of nitriles is 2. The van der Waals surface area contributed by atoms with Gasteiger partial charge < -0.3 is 19.7 Å². The standard InChI is InChI=1S/C30H24FN7O3/c1-40-27-4-2-3-23(31)28(27)29-35-12-9-25(36-29)30(39)37-24-6-5-19(22-17-34-11-8-20(22)16-33)15-26(24)38-13-14-41-21(18-38)7-10-32/h2-6,8-9,11-12,15,17,21H,7,13-14,18H2,1H3,(H,37,39). The quantitative estimate of drug-likeness (QED) is 0.351. The van der Waals surface area contributed by atoms with E-state index in [1.807, 2.05) is 11.0 Å². The van der Waals surface area contributed by atoms with Crippen molar-refractivity contribution in [2.75, 3.05) is 37.0 Å². The number of carbonyl (C=O) groups is 1. The van der Waals surface area contributed by atoms with E-state index < -0.39 is 11.7 Å². The number of nitrogens with zero attached hydrogens (tertiary/aromatic N) is 6. The molecule has 1 fully saturated rings. The van der Waals surface area contributed by atoms with Crippen LogP contribution < -0.4 is 15.0 Å². The minimum atomic E-state index is -0.578. The lowest BCUT2D eigenvalue weighted by atomic mass is 10.0. The molecule has 0 saturated carbocycles. The van der Waals surface area contributed by atoms with Crippen molar-refractivity contribution in [2.24, 2.45) is 0 Å². The number of anilines is 2. The third-order valence-electron chi connectivity index (χ3n) is 6.60. The lowest BCUT2D eigenvalue weighted by Gasteiger charge is -2.35. The molecule has 1 aliphatic heterocycles. The molecule has 41 heavy (non-hydrogen) atoms. The summed E-state index contributed by atoms with van der Waals surface area (Å²) in [6, 6.07) is 17.2. The molecule has 1 amide bonds. The van der Waals surface area contributed by atoms with Crippen LogP contribution in [-0.4, -0.2) is 53.8 Å². The van der Waals surface area contributed by atoms with Gasteiger partial charge in [0.2, 0.25) is 0 Å². The number of pyridine rings is 1. The first-order valence-electron chi connectivity index (χ1n) is 12.7. The summed E-state index contributed by atoms with van der Waals surface area (Å²) >= 11 is 0. The molecule has 1 atom stereocenters. The van der Waals surface area contributed by atoms with Crippen LogP contribution in [0.3, 0.4) is 0 Å². The first-order valence-corrected chi connectivity index (χ1v) is 12.7. The molecular formula is C30H24FN7O3. The fourth-order valence-electron chi connectivity index (χ4n) is 4.64. The first-order chi connectivity index (χ1) is 20.0. The molecule has 0 radical (unpaired) electrons. The third kappa shape index (κ3) is 5.81. The van der Waals surface area contributed by atoms with Gasteiger partial charge in [-0.05, 0) is 42.0 Å². The second-order valence-corrected chi connectivity index (χ2v) is 9.10. The second-order valence-electron chi connectivity index (χ2n) is 9.10. The number of aromatic nitrogens is 3. The molecule has 3 heterocycles. The zero-order valence-electron chi connectivity index (χ0n) is 22.0. The summed E-state index contributed by atoms with van der Waals surface area (Å²) in [5.41, 5.74) is 3.10. The number of hydrogen-bond acceptors (Lipinski definition) is 9. The normalized spacial score (nSPS) is 14.5. The second kappa shape index (κ2) is 12.2. The number of methoxy groups -OCH3 is 1. The number of nitrogens with one attached hydrogen (secondary N) is 1. The molecule has 1 saturated heterocycles. The Labute approximate surface area is 235 Å². The van der Waals surface area contributed by atoms with Gasteiger partial charge in [0.1, 0.15) is 17.3 Å². The highest BCUT2D eigenvalue weighted by Crippen LogP contribution is 2.35. The average Bonchev–Trinajstić information content (AvgIpc) is 3.01. The van der Waals surface area contributed by atoms with Gasteiger partial charge in [0.05, 0.1) is 60.9 Å². The molecule has 1 aliphatic rings. The number of amides is 1. The van der Waals surface area contributed by atoms with Crippen LogP contribution in [0, 0.1) is 28.5 Å². The number of carbonyl (C=O) groups excluding carboxylic acids is 1. The Bertz CT molecular complexity index is 1680. The van der Waals surface area contributed by atoms with Gasteiger partial charge in [-0.3, -0.25) is 9.78 Å². The van der Waals surface area contributed by atoms with Crippen LogP contribution in [-0.2, 0) is 4.74 Å². The van der Waals surface area contributed by atoms with Crippen molar-refractivity contribution in [3.63, 3.8) is 0 Å². The lowest BCUT2D eigenvalue weighted by Crippen LogP contribution is -2.42. The number of halogens is 1. The van der Waals surface area contributed by atoms with Gasteiger partial charge >= 0.3 is 0 Å². The molecule has 4 aromatic rings. The van der Waals surface area contributed by atoms with E-state index in [1.165, 1.54) is 31.5 Å². The fourth-order valence-corrected chi connectivity index (χ4v) is 4.64.